The molecule has 1 N–H and O–H groups in total. The van der Waals surface area contributed by atoms with Crippen LogP contribution in [0.15, 0.2) is 72.4 Å². The van der Waals surface area contributed by atoms with Crippen LogP contribution in [0.2, 0.25) is 0 Å². The van der Waals surface area contributed by atoms with Crippen molar-refractivity contribution in [2.45, 2.75) is 6.92 Å². The molecule has 3 aromatic rings. The third-order valence-corrected chi connectivity index (χ3v) is 5.10. The van der Waals surface area contributed by atoms with Crippen molar-refractivity contribution in [1.29, 1.82) is 0 Å². The molecule has 2 aromatic carbocycles. The summed E-state index contributed by atoms with van der Waals surface area (Å²) < 4.78 is 7.08. The molecular weight excluding hydrogens is 398 g/mol. The van der Waals surface area contributed by atoms with E-state index in [1.165, 1.54) is 4.90 Å². The molecule has 0 radical (unpaired) electrons. The summed E-state index contributed by atoms with van der Waals surface area (Å²) in [6.07, 6.45) is 3.46. The molecule has 0 atom stereocenters. The smallest absolute Gasteiger partial charge is 0.270 e. The fraction of sp³-hybridized carbons (Fsp3) is 0.0870. The zero-order chi connectivity index (χ0) is 21.3. The molecular formula is C23H19N3O3S. The Morgan fingerprint density at radius 3 is 2.30 bits per heavy atom. The number of thiocarbonyl (C=S) groups is 1. The Morgan fingerprint density at radius 1 is 0.967 bits per heavy atom. The largest absolute Gasteiger partial charge is 0.497 e. The number of hydrogen-bond acceptors (Lipinski definition) is 4. The summed E-state index contributed by atoms with van der Waals surface area (Å²) in [6, 6.07) is 18.6. The van der Waals surface area contributed by atoms with Crippen LogP contribution in [0.3, 0.4) is 0 Å². The Kier molecular flexibility index (Phi) is 5.20. The van der Waals surface area contributed by atoms with E-state index >= 15 is 0 Å². The number of aryl methyl sites for hydroxylation is 1. The highest BCUT2D eigenvalue weighted by Crippen LogP contribution is 2.25. The number of rotatable bonds is 4. The molecule has 6 nitrogen and oxygen atoms in total. The predicted octanol–water partition coefficient (Wildman–Crippen LogP) is 3.63. The van der Waals surface area contributed by atoms with Gasteiger partial charge < -0.3 is 9.30 Å². The number of methoxy groups -OCH3 is 1. The van der Waals surface area contributed by atoms with E-state index in [1.807, 2.05) is 54.1 Å². The molecule has 0 unspecified atom stereocenters. The normalized spacial score (nSPS) is 15.5. The molecule has 150 valence electrons. The third-order valence-electron chi connectivity index (χ3n) is 4.82. The zero-order valence-electron chi connectivity index (χ0n) is 16.5. The second-order valence-electron chi connectivity index (χ2n) is 6.79. The molecule has 1 saturated heterocycles. The number of amides is 2. The molecule has 0 bridgehead atoms. The second-order valence-corrected chi connectivity index (χ2v) is 7.18. The van der Waals surface area contributed by atoms with Crippen LogP contribution in [-0.2, 0) is 9.59 Å². The predicted molar refractivity (Wildman–Crippen MR) is 120 cm³/mol. The Labute approximate surface area is 179 Å². The number of aromatic nitrogens is 1. The second kappa shape index (κ2) is 7.96. The fourth-order valence-corrected chi connectivity index (χ4v) is 3.50. The molecule has 1 fully saturated rings. The maximum Gasteiger partial charge on any atom is 0.270 e. The summed E-state index contributed by atoms with van der Waals surface area (Å²) in [5.74, 6) is -0.346. The van der Waals surface area contributed by atoms with Gasteiger partial charge in [-0.2, -0.15) is 0 Å². The lowest BCUT2D eigenvalue weighted by atomic mass is 10.1. The molecule has 0 saturated carbocycles. The summed E-state index contributed by atoms with van der Waals surface area (Å²) in [5.41, 5.74) is 3.34. The van der Waals surface area contributed by atoms with Crippen molar-refractivity contribution in [3.8, 4) is 11.4 Å². The first kappa shape index (κ1) is 19.6. The van der Waals surface area contributed by atoms with Gasteiger partial charge in [-0.3, -0.25) is 19.8 Å². The standard InChI is InChI=1S/C23H19N3O3S/c1-15-5-7-16(8-6-15)25-13-3-4-18(25)14-20-21(27)24-23(30)26(22(20)28)17-9-11-19(29-2)12-10-17/h3-14H,1-2H3,(H,24,27,30). The molecule has 0 spiro atoms. The minimum Gasteiger partial charge on any atom is -0.497 e. The van der Waals surface area contributed by atoms with E-state index in [1.54, 1.807) is 37.5 Å². The molecule has 1 aliphatic rings. The molecule has 30 heavy (non-hydrogen) atoms. The fourth-order valence-electron chi connectivity index (χ4n) is 3.22. The van der Waals surface area contributed by atoms with Gasteiger partial charge in [-0.15, -0.1) is 0 Å². The maximum atomic E-state index is 13.2. The molecule has 1 aliphatic heterocycles. The lowest BCUT2D eigenvalue weighted by Gasteiger charge is -2.29. The van der Waals surface area contributed by atoms with Gasteiger partial charge in [0, 0.05) is 17.6 Å². The third kappa shape index (κ3) is 3.62. The van der Waals surface area contributed by atoms with Crippen molar-refractivity contribution in [2.24, 2.45) is 0 Å². The van der Waals surface area contributed by atoms with Crippen LogP contribution < -0.4 is 15.0 Å². The monoisotopic (exact) mass is 417 g/mol. The number of benzene rings is 2. The number of nitrogens with zero attached hydrogens (tertiary/aromatic N) is 2. The summed E-state index contributed by atoms with van der Waals surface area (Å²) in [5, 5.41) is 2.65. The minimum atomic E-state index is -0.522. The Balaban J connectivity index is 1.71. The Hall–Kier alpha value is -3.71. The van der Waals surface area contributed by atoms with E-state index in [-0.39, 0.29) is 10.7 Å². The highest BCUT2D eigenvalue weighted by Gasteiger charge is 2.34. The van der Waals surface area contributed by atoms with E-state index < -0.39 is 11.8 Å². The quantitative estimate of drug-likeness (QED) is 0.400. The van der Waals surface area contributed by atoms with Gasteiger partial charge in [-0.05, 0) is 73.7 Å². The molecule has 2 amide bonds. The van der Waals surface area contributed by atoms with Crippen molar-refractivity contribution >= 4 is 40.9 Å². The van der Waals surface area contributed by atoms with Crippen LogP contribution in [-0.4, -0.2) is 28.6 Å². The van der Waals surface area contributed by atoms with Crippen molar-refractivity contribution in [1.82, 2.24) is 9.88 Å². The number of hydrogen-bond donors (Lipinski definition) is 1. The van der Waals surface area contributed by atoms with Crippen LogP contribution >= 0.6 is 12.2 Å². The van der Waals surface area contributed by atoms with E-state index in [2.05, 4.69) is 5.32 Å². The van der Waals surface area contributed by atoms with Gasteiger partial charge in [-0.1, -0.05) is 17.7 Å². The maximum absolute atomic E-state index is 13.2. The van der Waals surface area contributed by atoms with Gasteiger partial charge in [0.05, 0.1) is 12.8 Å². The summed E-state index contributed by atoms with van der Waals surface area (Å²) in [6.45, 7) is 2.02. The number of carbonyl (C=O) groups excluding carboxylic acids is 2. The molecule has 4 rings (SSSR count). The first-order valence-corrected chi connectivity index (χ1v) is 9.68. The summed E-state index contributed by atoms with van der Waals surface area (Å²) in [7, 11) is 1.57. The van der Waals surface area contributed by atoms with Gasteiger partial charge in [0.15, 0.2) is 5.11 Å². The average Bonchev–Trinajstić information content (AvgIpc) is 3.20. The molecule has 2 heterocycles. The van der Waals surface area contributed by atoms with E-state index in [0.717, 1.165) is 11.3 Å². The first-order chi connectivity index (χ1) is 14.5. The van der Waals surface area contributed by atoms with Crippen molar-refractivity contribution in [3.05, 3.63) is 83.7 Å². The Bertz CT molecular complexity index is 1160. The number of ether oxygens (including phenoxy) is 1. The van der Waals surface area contributed by atoms with Gasteiger partial charge in [0.2, 0.25) is 0 Å². The van der Waals surface area contributed by atoms with Crippen LogP contribution in [0, 0.1) is 6.92 Å². The van der Waals surface area contributed by atoms with Gasteiger partial charge in [0.25, 0.3) is 11.8 Å². The first-order valence-electron chi connectivity index (χ1n) is 9.28. The van der Waals surface area contributed by atoms with Gasteiger partial charge in [0.1, 0.15) is 11.3 Å². The average molecular weight is 417 g/mol. The lowest BCUT2D eigenvalue weighted by molar-refractivity contribution is -0.122. The van der Waals surface area contributed by atoms with E-state index in [0.29, 0.717) is 17.1 Å². The zero-order valence-corrected chi connectivity index (χ0v) is 17.3. The number of anilines is 1. The molecule has 7 heteroatoms. The van der Waals surface area contributed by atoms with Crippen LogP contribution in [0.1, 0.15) is 11.3 Å². The highest BCUT2D eigenvalue weighted by molar-refractivity contribution is 7.80. The highest BCUT2D eigenvalue weighted by atomic mass is 32.1. The number of carbonyl (C=O) groups is 2. The topological polar surface area (TPSA) is 63.6 Å². The van der Waals surface area contributed by atoms with Crippen LogP contribution in [0.4, 0.5) is 5.69 Å². The van der Waals surface area contributed by atoms with Gasteiger partial charge in [-0.25, -0.2) is 0 Å². The number of nitrogens with one attached hydrogen (secondary N) is 1. The van der Waals surface area contributed by atoms with E-state index in [4.69, 9.17) is 17.0 Å². The minimum absolute atomic E-state index is 0.00600. The van der Waals surface area contributed by atoms with Crippen LogP contribution in [0.25, 0.3) is 11.8 Å². The molecule has 0 aliphatic carbocycles. The Morgan fingerprint density at radius 2 is 1.63 bits per heavy atom. The summed E-state index contributed by atoms with van der Waals surface area (Å²) in [4.78, 5) is 27.1. The van der Waals surface area contributed by atoms with Crippen molar-refractivity contribution in [2.75, 3.05) is 12.0 Å². The lowest BCUT2D eigenvalue weighted by Crippen LogP contribution is -2.54. The van der Waals surface area contributed by atoms with Crippen LogP contribution in [0.5, 0.6) is 5.75 Å². The molecule has 1 aromatic heterocycles. The van der Waals surface area contributed by atoms with Crippen molar-refractivity contribution < 1.29 is 14.3 Å². The van der Waals surface area contributed by atoms with Gasteiger partial charge >= 0.3 is 0 Å². The summed E-state index contributed by atoms with van der Waals surface area (Å²) >= 11 is 5.25. The van der Waals surface area contributed by atoms with E-state index in [9.17, 15) is 9.59 Å². The SMILES string of the molecule is COc1ccc(N2C(=O)C(=Cc3cccn3-c3ccc(C)cc3)C(=O)NC2=S)cc1. The van der Waals surface area contributed by atoms with Crippen molar-refractivity contribution in [3.63, 3.8) is 0 Å².